The number of amides is 1. The maximum atomic E-state index is 13.7. The number of esters is 1. The summed E-state index contributed by atoms with van der Waals surface area (Å²) in [4.78, 5) is 27.3. The maximum absolute atomic E-state index is 13.7. The van der Waals surface area contributed by atoms with Gasteiger partial charge in [0, 0.05) is 29.6 Å². The van der Waals surface area contributed by atoms with Gasteiger partial charge in [-0.15, -0.1) is 0 Å². The highest BCUT2D eigenvalue weighted by Gasteiger charge is 2.34. The van der Waals surface area contributed by atoms with E-state index in [4.69, 9.17) is 21.1 Å². The van der Waals surface area contributed by atoms with E-state index in [1.54, 1.807) is 23.1 Å². The second-order valence-electron chi connectivity index (χ2n) is 8.87. The molecule has 1 aliphatic rings. The largest absolute Gasteiger partial charge is 0.483 e. The number of para-hydroxylation sites is 1. The highest BCUT2D eigenvalue weighted by atomic mass is 35.5. The summed E-state index contributed by atoms with van der Waals surface area (Å²) in [5, 5.41) is 0.495. The van der Waals surface area contributed by atoms with Crippen molar-refractivity contribution in [1.82, 2.24) is 4.90 Å². The Hall–Kier alpha value is -4.09. The fourth-order valence-electron chi connectivity index (χ4n) is 4.82. The minimum Gasteiger partial charge on any atom is -0.483 e. The van der Waals surface area contributed by atoms with Crippen LogP contribution in [0.1, 0.15) is 29.7 Å². The molecule has 6 heteroatoms. The third kappa shape index (κ3) is 5.37. The van der Waals surface area contributed by atoms with Crippen molar-refractivity contribution in [2.45, 2.75) is 19.4 Å². The molecule has 5 nitrogen and oxygen atoms in total. The molecular weight excluding hydrogens is 486 g/mol. The van der Waals surface area contributed by atoms with Crippen LogP contribution in [0.3, 0.4) is 0 Å². The summed E-state index contributed by atoms with van der Waals surface area (Å²) in [6.07, 6.45) is 0.711. The number of carbonyl (C=O) groups is 2. The van der Waals surface area contributed by atoms with E-state index in [9.17, 15) is 9.59 Å². The number of hydrogen-bond donors (Lipinski definition) is 0. The normalized spacial score (nSPS) is 14.5. The fourth-order valence-corrected chi connectivity index (χ4v) is 5.00. The molecule has 0 bridgehead atoms. The number of rotatable bonds is 6. The van der Waals surface area contributed by atoms with E-state index in [1.165, 1.54) is 6.92 Å². The molecule has 1 unspecified atom stereocenters. The van der Waals surface area contributed by atoms with E-state index >= 15 is 0 Å². The van der Waals surface area contributed by atoms with Crippen molar-refractivity contribution in [3.05, 3.63) is 119 Å². The van der Waals surface area contributed by atoms with Gasteiger partial charge in [0.2, 0.25) is 0 Å². The number of nitrogens with zero attached hydrogens (tertiary/aromatic N) is 1. The molecule has 0 aliphatic carbocycles. The van der Waals surface area contributed by atoms with Gasteiger partial charge in [-0.1, -0.05) is 84.4 Å². The predicted octanol–water partition coefficient (Wildman–Crippen LogP) is 6.49. The third-order valence-corrected chi connectivity index (χ3v) is 6.68. The van der Waals surface area contributed by atoms with Crippen LogP contribution in [0.25, 0.3) is 11.1 Å². The second kappa shape index (κ2) is 10.9. The predicted molar refractivity (Wildman–Crippen MR) is 144 cm³/mol. The van der Waals surface area contributed by atoms with Gasteiger partial charge in [-0.2, -0.15) is 0 Å². The van der Waals surface area contributed by atoms with E-state index in [2.05, 4.69) is 6.07 Å². The van der Waals surface area contributed by atoms with E-state index < -0.39 is 12.0 Å². The Morgan fingerprint density at radius 1 is 0.865 bits per heavy atom. The van der Waals surface area contributed by atoms with Crippen LogP contribution in [-0.4, -0.2) is 29.9 Å². The quantitative estimate of drug-likeness (QED) is 0.219. The van der Waals surface area contributed by atoms with Gasteiger partial charge in [-0.05, 0) is 47.4 Å². The first-order chi connectivity index (χ1) is 18.0. The van der Waals surface area contributed by atoms with Gasteiger partial charge < -0.3 is 14.4 Å². The summed E-state index contributed by atoms with van der Waals surface area (Å²) in [5.74, 6) is 0.411. The lowest BCUT2D eigenvalue weighted by atomic mass is 9.87. The monoisotopic (exact) mass is 511 g/mol. The molecule has 186 valence electrons. The van der Waals surface area contributed by atoms with Crippen LogP contribution in [-0.2, 0) is 16.0 Å². The zero-order chi connectivity index (χ0) is 25.8. The van der Waals surface area contributed by atoms with Crippen LogP contribution >= 0.6 is 11.6 Å². The summed E-state index contributed by atoms with van der Waals surface area (Å²) in [5.41, 5.74) is 4.71. The summed E-state index contributed by atoms with van der Waals surface area (Å²) in [6.45, 7) is 1.72. The lowest BCUT2D eigenvalue weighted by molar-refractivity contribution is -0.135. The number of carbonyl (C=O) groups excluding carboxylic acids is 2. The Kier molecular flexibility index (Phi) is 7.24. The van der Waals surface area contributed by atoms with Crippen molar-refractivity contribution in [2.24, 2.45) is 0 Å². The molecule has 4 aromatic rings. The van der Waals surface area contributed by atoms with E-state index in [1.807, 2.05) is 72.8 Å². The summed E-state index contributed by atoms with van der Waals surface area (Å²) < 4.78 is 11.6. The molecule has 0 radical (unpaired) electrons. The lowest BCUT2D eigenvalue weighted by Gasteiger charge is -2.38. The molecule has 0 spiro atoms. The van der Waals surface area contributed by atoms with Gasteiger partial charge in [0.25, 0.3) is 5.91 Å². The van der Waals surface area contributed by atoms with Crippen molar-refractivity contribution in [3.63, 3.8) is 0 Å². The molecule has 0 fully saturated rings. The van der Waals surface area contributed by atoms with Crippen LogP contribution < -0.4 is 9.47 Å². The Morgan fingerprint density at radius 2 is 1.59 bits per heavy atom. The van der Waals surface area contributed by atoms with E-state index in [-0.39, 0.29) is 12.5 Å². The van der Waals surface area contributed by atoms with Gasteiger partial charge in [0.15, 0.2) is 6.61 Å². The molecular formula is C31H26ClNO4. The molecule has 0 saturated heterocycles. The summed E-state index contributed by atoms with van der Waals surface area (Å²) >= 11 is 6.38. The van der Waals surface area contributed by atoms with Gasteiger partial charge in [-0.3, -0.25) is 9.59 Å². The topological polar surface area (TPSA) is 55.8 Å². The van der Waals surface area contributed by atoms with Gasteiger partial charge in [0.1, 0.15) is 11.5 Å². The van der Waals surface area contributed by atoms with Crippen LogP contribution in [0.15, 0.2) is 97.1 Å². The zero-order valence-corrected chi connectivity index (χ0v) is 21.2. The van der Waals surface area contributed by atoms with Crippen molar-refractivity contribution in [1.29, 1.82) is 0 Å². The molecule has 5 rings (SSSR count). The Morgan fingerprint density at radius 3 is 2.41 bits per heavy atom. The molecule has 0 aromatic heterocycles. The first-order valence-electron chi connectivity index (χ1n) is 12.1. The molecule has 1 atom stereocenters. The minimum absolute atomic E-state index is 0.133. The maximum Gasteiger partial charge on any atom is 0.308 e. The van der Waals surface area contributed by atoms with Gasteiger partial charge >= 0.3 is 5.97 Å². The minimum atomic E-state index is -0.474. The highest BCUT2D eigenvalue weighted by Crippen LogP contribution is 2.41. The Bertz CT molecular complexity index is 1440. The first kappa shape index (κ1) is 24.6. The van der Waals surface area contributed by atoms with Crippen molar-refractivity contribution in [3.8, 4) is 22.6 Å². The smallest absolute Gasteiger partial charge is 0.308 e. The van der Waals surface area contributed by atoms with Crippen molar-refractivity contribution < 1.29 is 19.1 Å². The number of halogens is 1. The zero-order valence-electron chi connectivity index (χ0n) is 20.4. The summed E-state index contributed by atoms with van der Waals surface area (Å²) in [7, 11) is 0. The SMILES string of the molecule is CC(=O)Oc1ccc(Cl)cc1C1c2ccccc2CCN1C(=O)COc1ccccc1-c1ccccc1. The molecule has 4 aromatic carbocycles. The van der Waals surface area contributed by atoms with Gasteiger partial charge in [0.05, 0.1) is 6.04 Å². The van der Waals surface area contributed by atoms with Crippen LogP contribution in [0.5, 0.6) is 11.5 Å². The molecule has 0 saturated carbocycles. The average Bonchev–Trinajstić information content (AvgIpc) is 2.92. The second-order valence-corrected chi connectivity index (χ2v) is 9.30. The molecule has 1 amide bonds. The average molecular weight is 512 g/mol. The fraction of sp³-hybridized carbons (Fsp3) is 0.161. The number of fused-ring (bicyclic) bond motifs is 1. The summed E-state index contributed by atoms with van der Waals surface area (Å²) in [6, 6.07) is 30.3. The molecule has 1 heterocycles. The highest BCUT2D eigenvalue weighted by molar-refractivity contribution is 6.30. The molecule has 0 N–H and O–H groups in total. The van der Waals surface area contributed by atoms with Crippen LogP contribution in [0.4, 0.5) is 0 Å². The van der Waals surface area contributed by atoms with Crippen LogP contribution in [0, 0.1) is 0 Å². The standard InChI is InChI=1S/C31H26ClNO4/c1-21(34)37-29-16-15-24(32)19-27(29)31-26-13-6-5-11-23(26)17-18-33(31)30(35)20-36-28-14-8-7-12-25(28)22-9-3-2-4-10-22/h2-16,19,31H,17-18,20H2,1H3. The van der Waals surface area contributed by atoms with E-state index in [0.29, 0.717) is 35.1 Å². The van der Waals surface area contributed by atoms with Crippen molar-refractivity contribution >= 4 is 23.5 Å². The number of benzene rings is 4. The van der Waals surface area contributed by atoms with Gasteiger partial charge in [-0.25, -0.2) is 0 Å². The number of ether oxygens (including phenoxy) is 2. The molecule has 37 heavy (non-hydrogen) atoms. The van der Waals surface area contributed by atoms with E-state index in [0.717, 1.165) is 22.3 Å². The molecule has 1 aliphatic heterocycles. The Labute approximate surface area is 221 Å². The van der Waals surface area contributed by atoms with Crippen molar-refractivity contribution in [2.75, 3.05) is 13.2 Å². The Balaban J connectivity index is 1.47. The third-order valence-electron chi connectivity index (χ3n) is 6.45. The van der Waals surface area contributed by atoms with Crippen LogP contribution in [0.2, 0.25) is 5.02 Å². The first-order valence-corrected chi connectivity index (χ1v) is 12.5. The lowest BCUT2D eigenvalue weighted by Crippen LogP contribution is -2.43. The number of hydrogen-bond acceptors (Lipinski definition) is 4.